The van der Waals surface area contributed by atoms with Crippen molar-refractivity contribution in [1.82, 2.24) is 4.98 Å². The Balaban J connectivity index is 1.95. The van der Waals surface area contributed by atoms with Gasteiger partial charge in [0.2, 0.25) is 0 Å². The molecule has 0 radical (unpaired) electrons. The lowest BCUT2D eigenvalue weighted by Crippen LogP contribution is -2.08. The molecule has 0 aliphatic rings. The van der Waals surface area contributed by atoms with Gasteiger partial charge < -0.3 is 10.2 Å². The van der Waals surface area contributed by atoms with E-state index >= 15 is 0 Å². The van der Waals surface area contributed by atoms with Gasteiger partial charge in [-0.2, -0.15) is 0 Å². The highest BCUT2D eigenvalue weighted by atomic mass is 16.5. The van der Waals surface area contributed by atoms with E-state index in [1.165, 1.54) is 5.56 Å². The summed E-state index contributed by atoms with van der Waals surface area (Å²) < 4.78 is 5.60. The first-order chi connectivity index (χ1) is 8.28. The van der Waals surface area contributed by atoms with Gasteiger partial charge in [0.05, 0.1) is 6.20 Å². The Kier molecular flexibility index (Phi) is 3.57. The lowest BCUT2D eigenvalue weighted by Gasteiger charge is -2.06. The number of hydrazine groups is 1. The zero-order valence-corrected chi connectivity index (χ0v) is 9.68. The molecule has 0 spiro atoms. The smallest absolute Gasteiger partial charge is 0.140 e. The maximum atomic E-state index is 5.60. The number of nitrogens with zero attached hydrogens (tertiary/aromatic N) is 1. The lowest BCUT2D eigenvalue weighted by molar-refractivity contribution is 0.305. The predicted molar refractivity (Wildman–Crippen MR) is 67.6 cm³/mol. The molecule has 0 aliphatic heterocycles. The zero-order chi connectivity index (χ0) is 12.1. The molecule has 1 aromatic carbocycles. The van der Waals surface area contributed by atoms with Gasteiger partial charge in [-0.25, -0.2) is 10.8 Å². The molecule has 17 heavy (non-hydrogen) atoms. The van der Waals surface area contributed by atoms with Crippen LogP contribution in [-0.2, 0) is 6.61 Å². The highest BCUT2D eigenvalue weighted by molar-refractivity contribution is 5.36. The third kappa shape index (κ3) is 3.19. The number of hydrogen-bond donors (Lipinski definition) is 2. The highest BCUT2D eigenvalue weighted by Crippen LogP contribution is 2.13. The quantitative estimate of drug-likeness (QED) is 0.623. The molecule has 0 amide bonds. The summed E-state index contributed by atoms with van der Waals surface area (Å²) in [6, 6.07) is 11.8. The Morgan fingerprint density at radius 3 is 2.53 bits per heavy atom. The van der Waals surface area contributed by atoms with Crippen molar-refractivity contribution in [3.05, 3.63) is 53.7 Å². The molecule has 0 atom stereocenters. The number of benzene rings is 1. The van der Waals surface area contributed by atoms with Crippen molar-refractivity contribution in [2.24, 2.45) is 5.84 Å². The van der Waals surface area contributed by atoms with Gasteiger partial charge in [-0.1, -0.05) is 29.8 Å². The molecule has 0 aliphatic carbocycles. The van der Waals surface area contributed by atoms with Crippen LogP contribution in [0, 0.1) is 6.92 Å². The average molecular weight is 229 g/mol. The number of nitrogens with one attached hydrogen (secondary N) is 1. The maximum absolute atomic E-state index is 5.60. The van der Waals surface area contributed by atoms with E-state index in [4.69, 9.17) is 10.6 Å². The standard InChI is InChI=1S/C13H15N3O/c1-10-2-4-11(5-3-10)9-17-12-6-7-13(16-14)15-8-12/h2-8H,9,14H2,1H3,(H,15,16). The minimum absolute atomic E-state index is 0.539. The minimum Gasteiger partial charge on any atom is -0.487 e. The lowest BCUT2D eigenvalue weighted by atomic mass is 10.2. The summed E-state index contributed by atoms with van der Waals surface area (Å²) in [4.78, 5) is 4.06. The third-order valence-corrected chi connectivity index (χ3v) is 2.41. The van der Waals surface area contributed by atoms with Gasteiger partial charge in [-0.15, -0.1) is 0 Å². The number of nitrogen functional groups attached to an aromatic ring is 1. The van der Waals surface area contributed by atoms with Crippen molar-refractivity contribution >= 4 is 5.82 Å². The largest absolute Gasteiger partial charge is 0.487 e. The molecule has 0 unspecified atom stereocenters. The van der Waals surface area contributed by atoms with E-state index in [-0.39, 0.29) is 0 Å². The van der Waals surface area contributed by atoms with Crippen LogP contribution in [0.3, 0.4) is 0 Å². The fourth-order valence-corrected chi connectivity index (χ4v) is 1.40. The molecule has 0 fully saturated rings. The first kappa shape index (κ1) is 11.4. The second-order valence-corrected chi connectivity index (χ2v) is 3.80. The van der Waals surface area contributed by atoms with Crippen LogP contribution in [0.15, 0.2) is 42.6 Å². The number of aromatic nitrogens is 1. The van der Waals surface area contributed by atoms with Crippen molar-refractivity contribution in [2.75, 3.05) is 5.43 Å². The first-order valence-electron chi connectivity index (χ1n) is 5.39. The van der Waals surface area contributed by atoms with Crippen molar-refractivity contribution in [3.63, 3.8) is 0 Å². The van der Waals surface area contributed by atoms with E-state index in [9.17, 15) is 0 Å². The Hall–Kier alpha value is -2.07. The van der Waals surface area contributed by atoms with Crippen molar-refractivity contribution in [3.8, 4) is 5.75 Å². The van der Waals surface area contributed by atoms with Gasteiger partial charge >= 0.3 is 0 Å². The minimum atomic E-state index is 0.539. The van der Waals surface area contributed by atoms with Crippen molar-refractivity contribution in [2.45, 2.75) is 13.5 Å². The molecule has 0 saturated carbocycles. The molecule has 2 aromatic rings. The molecule has 3 N–H and O–H groups in total. The van der Waals surface area contributed by atoms with Crippen LogP contribution in [0.25, 0.3) is 0 Å². The normalized spacial score (nSPS) is 10.0. The van der Waals surface area contributed by atoms with Gasteiger partial charge in [0.25, 0.3) is 0 Å². The van der Waals surface area contributed by atoms with Crippen LogP contribution in [0.4, 0.5) is 5.82 Å². The van der Waals surface area contributed by atoms with Crippen LogP contribution in [0.1, 0.15) is 11.1 Å². The molecular weight excluding hydrogens is 214 g/mol. The van der Waals surface area contributed by atoms with Gasteiger partial charge in [0.1, 0.15) is 18.2 Å². The molecule has 0 bridgehead atoms. The molecular formula is C13H15N3O. The maximum Gasteiger partial charge on any atom is 0.140 e. The van der Waals surface area contributed by atoms with E-state index in [1.807, 2.05) is 6.07 Å². The van der Waals surface area contributed by atoms with Crippen LogP contribution < -0.4 is 16.0 Å². The molecule has 2 rings (SSSR count). The van der Waals surface area contributed by atoms with E-state index in [2.05, 4.69) is 41.6 Å². The molecule has 88 valence electrons. The van der Waals surface area contributed by atoms with Gasteiger partial charge in [0, 0.05) is 0 Å². The molecule has 4 heteroatoms. The SMILES string of the molecule is Cc1ccc(COc2ccc(NN)nc2)cc1. The van der Waals surface area contributed by atoms with E-state index in [0.717, 1.165) is 11.3 Å². The van der Waals surface area contributed by atoms with Crippen LogP contribution in [0.5, 0.6) is 5.75 Å². The summed E-state index contributed by atoms with van der Waals surface area (Å²) in [5.74, 6) is 6.57. The van der Waals surface area contributed by atoms with Crippen molar-refractivity contribution < 1.29 is 4.74 Å². The number of ether oxygens (including phenoxy) is 1. The summed E-state index contributed by atoms with van der Waals surface area (Å²) in [6.07, 6.45) is 1.64. The first-order valence-corrected chi connectivity index (χ1v) is 5.39. The molecule has 4 nitrogen and oxygen atoms in total. The zero-order valence-electron chi connectivity index (χ0n) is 9.68. The molecule has 1 heterocycles. The van der Waals surface area contributed by atoms with Crippen LogP contribution in [-0.4, -0.2) is 4.98 Å². The van der Waals surface area contributed by atoms with Crippen molar-refractivity contribution in [1.29, 1.82) is 0 Å². The second-order valence-electron chi connectivity index (χ2n) is 3.80. The summed E-state index contributed by atoms with van der Waals surface area (Å²) in [5.41, 5.74) is 4.85. The third-order valence-electron chi connectivity index (χ3n) is 2.41. The average Bonchev–Trinajstić information content (AvgIpc) is 2.39. The molecule has 1 aromatic heterocycles. The summed E-state index contributed by atoms with van der Waals surface area (Å²) >= 11 is 0. The van der Waals surface area contributed by atoms with Gasteiger partial charge in [0.15, 0.2) is 0 Å². The van der Waals surface area contributed by atoms with Crippen LogP contribution >= 0.6 is 0 Å². The fraction of sp³-hybridized carbons (Fsp3) is 0.154. The van der Waals surface area contributed by atoms with Gasteiger partial charge in [-0.05, 0) is 24.6 Å². The number of rotatable bonds is 4. The summed E-state index contributed by atoms with van der Waals surface area (Å²) in [7, 11) is 0. The predicted octanol–water partition coefficient (Wildman–Crippen LogP) is 2.25. The fourth-order valence-electron chi connectivity index (χ4n) is 1.40. The Morgan fingerprint density at radius 1 is 1.18 bits per heavy atom. The summed E-state index contributed by atoms with van der Waals surface area (Å²) in [5, 5.41) is 0. The number of anilines is 1. The number of aryl methyl sites for hydroxylation is 1. The van der Waals surface area contributed by atoms with E-state index < -0.39 is 0 Å². The number of pyridine rings is 1. The number of hydrogen-bond acceptors (Lipinski definition) is 4. The monoisotopic (exact) mass is 229 g/mol. The Morgan fingerprint density at radius 2 is 1.94 bits per heavy atom. The van der Waals surface area contributed by atoms with Gasteiger partial charge in [-0.3, -0.25) is 0 Å². The second kappa shape index (κ2) is 5.32. The summed E-state index contributed by atoms with van der Waals surface area (Å²) in [6.45, 7) is 2.60. The highest BCUT2D eigenvalue weighted by Gasteiger charge is 1.97. The topological polar surface area (TPSA) is 60.2 Å². The van der Waals surface area contributed by atoms with E-state index in [1.54, 1.807) is 12.3 Å². The number of nitrogens with two attached hydrogens (primary N) is 1. The Labute approximate surface area is 100 Å². The van der Waals surface area contributed by atoms with E-state index in [0.29, 0.717) is 12.4 Å². The Bertz CT molecular complexity index is 465. The van der Waals surface area contributed by atoms with Crippen LogP contribution in [0.2, 0.25) is 0 Å². The molecule has 0 saturated heterocycles.